The molecule has 0 bridgehead atoms. The summed E-state index contributed by atoms with van der Waals surface area (Å²) in [6.45, 7) is 6.57. The Kier molecular flexibility index (Phi) is 6.24. The van der Waals surface area contributed by atoms with Gasteiger partial charge in [0.25, 0.3) is 0 Å². The lowest BCUT2D eigenvalue weighted by Gasteiger charge is -2.36. The highest BCUT2D eigenvalue weighted by atomic mass is 19.1. The Morgan fingerprint density at radius 2 is 2.11 bits per heavy atom. The zero-order chi connectivity index (χ0) is 26.5. The molecule has 1 aliphatic heterocycles. The Balaban J connectivity index is 1.82. The first-order chi connectivity index (χ1) is 17.6. The third-order valence-electron chi connectivity index (χ3n) is 7.54. The van der Waals surface area contributed by atoms with Crippen molar-refractivity contribution < 1.29 is 28.5 Å². The molecule has 0 saturated carbocycles. The minimum Gasteiger partial charge on any atom is -0.494 e. The molecule has 0 spiro atoms. The average molecular weight is 510 g/mol. The molecule has 1 fully saturated rings. The lowest BCUT2D eigenvalue weighted by Crippen LogP contribution is -2.43. The van der Waals surface area contributed by atoms with E-state index in [0.29, 0.717) is 19.4 Å². The van der Waals surface area contributed by atoms with Crippen molar-refractivity contribution in [1.82, 2.24) is 14.8 Å². The van der Waals surface area contributed by atoms with Gasteiger partial charge in [0.15, 0.2) is 17.2 Å². The molecule has 0 amide bonds. The van der Waals surface area contributed by atoms with Crippen molar-refractivity contribution in [2.24, 2.45) is 0 Å². The minimum atomic E-state index is -1.21. The molecule has 1 saturated heterocycles. The fourth-order valence-electron chi connectivity index (χ4n) is 5.60. The second-order valence-electron chi connectivity index (χ2n) is 10.6. The molecule has 9 heteroatoms. The van der Waals surface area contributed by atoms with E-state index in [1.54, 1.807) is 32.4 Å². The molecular formula is C28H32FN3O5. The van der Waals surface area contributed by atoms with Gasteiger partial charge in [-0.25, -0.2) is 9.18 Å². The van der Waals surface area contributed by atoms with E-state index >= 15 is 0 Å². The van der Waals surface area contributed by atoms with Crippen molar-refractivity contribution in [3.8, 4) is 11.4 Å². The van der Waals surface area contributed by atoms with Gasteiger partial charge in [-0.1, -0.05) is 13.8 Å². The van der Waals surface area contributed by atoms with Crippen LogP contribution in [0, 0.1) is 5.82 Å². The van der Waals surface area contributed by atoms with Crippen LogP contribution < -0.4 is 4.74 Å². The molecule has 4 aromatic rings. The summed E-state index contributed by atoms with van der Waals surface area (Å²) in [5.74, 6) is -1.29. The summed E-state index contributed by atoms with van der Waals surface area (Å²) in [5.41, 5.74) is 3.00. The number of benzene rings is 2. The van der Waals surface area contributed by atoms with Gasteiger partial charge >= 0.3 is 5.97 Å². The van der Waals surface area contributed by atoms with Gasteiger partial charge in [0.1, 0.15) is 0 Å². The van der Waals surface area contributed by atoms with E-state index in [0.717, 1.165) is 38.8 Å². The van der Waals surface area contributed by atoms with Crippen molar-refractivity contribution >= 4 is 27.8 Å². The highest BCUT2D eigenvalue weighted by Gasteiger charge is 2.42. The molecule has 8 nitrogen and oxygen atoms in total. The molecule has 2 N–H and O–H groups in total. The van der Waals surface area contributed by atoms with Crippen LogP contribution in [0.3, 0.4) is 0 Å². The summed E-state index contributed by atoms with van der Waals surface area (Å²) >= 11 is 0. The van der Waals surface area contributed by atoms with Crippen molar-refractivity contribution in [3.05, 3.63) is 53.6 Å². The minimum absolute atomic E-state index is 0.0509. The number of halogens is 1. The van der Waals surface area contributed by atoms with Crippen LogP contribution in [0.25, 0.3) is 27.5 Å². The number of nitrogens with one attached hydrogen (secondary N) is 1. The van der Waals surface area contributed by atoms with E-state index in [4.69, 9.17) is 14.2 Å². The number of aliphatic carboxylic acids is 1. The molecule has 5 rings (SSSR count). The fourth-order valence-corrected chi connectivity index (χ4v) is 5.60. The highest BCUT2D eigenvalue weighted by molar-refractivity contribution is 5.99. The van der Waals surface area contributed by atoms with E-state index in [2.05, 4.69) is 40.7 Å². The normalized spacial score (nSPS) is 20.5. The van der Waals surface area contributed by atoms with Gasteiger partial charge in [0.2, 0.25) is 0 Å². The summed E-state index contributed by atoms with van der Waals surface area (Å²) in [5, 5.41) is 18.9. The highest BCUT2D eigenvalue weighted by Crippen LogP contribution is 2.46. The topological polar surface area (TPSA) is 98.6 Å². The lowest BCUT2D eigenvalue weighted by molar-refractivity contribution is -0.170. The Bertz CT molecular complexity index is 1480. The van der Waals surface area contributed by atoms with Crippen molar-refractivity contribution in [2.75, 3.05) is 27.4 Å². The smallest absolute Gasteiger partial charge is 0.335 e. The Morgan fingerprint density at radius 1 is 1.32 bits per heavy atom. The Hall–Kier alpha value is -3.43. The molecule has 0 radical (unpaired) electrons. The number of hydrogen-bond acceptors (Lipinski definition) is 5. The van der Waals surface area contributed by atoms with E-state index in [-0.39, 0.29) is 18.3 Å². The Labute approximate surface area is 214 Å². The number of methoxy groups -OCH3 is 2. The SMILES string of the molecule is COCC(C)(C)c1c(C2CC[C@](C)(C(=O)O)OC2)c2cc3[nH]ncc3cc2n1-c1ccc(F)c(OC)c1. The largest absolute Gasteiger partial charge is 0.494 e. The number of aromatic amines is 1. The standard InChI is InChI=1S/C28H32FN3O5/c1-27(2,15-35-4)25-24(16-8-9-28(3,26(33)34)37-14-16)19-12-21-17(13-30-31-21)10-22(19)32(25)18-6-7-20(29)23(11-18)36-5/h6-7,10-13,16H,8-9,14-15H2,1-5H3,(H,30,31)(H,33,34)/t16?,28-/m1/s1. The maximum Gasteiger partial charge on any atom is 0.335 e. The monoisotopic (exact) mass is 509 g/mol. The second kappa shape index (κ2) is 9.15. The molecule has 196 valence electrons. The van der Waals surface area contributed by atoms with Gasteiger partial charge in [-0.15, -0.1) is 0 Å². The zero-order valence-corrected chi connectivity index (χ0v) is 21.7. The number of H-pyrrole nitrogens is 1. The number of ether oxygens (including phenoxy) is 3. The van der Waals surface area contributed by atoms with Crippen LogP contribution in [-0.4, -0.2) is 58.9 Å². The third kappa shape index (κ3) is 4.16. The number of carbonyl (C=O) groups is 1. The number of carboxylic acid groups (broad SMARTS) is 1. The predicted octanol–water partition coefficient (Wildman–Crippen LogP) is 5.32. The van der Waals surface area contributed by atoms with Gasteiger partial charge in [-0.2, -0.15) is 5.10 Å². The number of rotatable bonds is 7. The van der Waals surface area contributed by atoms with Crippen LogP contribution in [0.15, 0.2) is 36.5 Å². The second-order valence-corrected chi connectivity index (χ2v) is 10.6. The molecule has 1 aliphatic rings. The maximum absolute atomic E-state index is 14.4. The molecule has 3 heterocycles. The number of hydrogen-bond donors (Lipinski definition) is 2. The molecule has 2 aromatic heterocycles. The number of aromatic nitrogens is 3. The third-order valence-corrected chi connectivity index (χ3v) is 7.54. The van der Waals surface area contributed by atoms with Crippen LogP contribution in [-0.2, 0) is 19.7 Å². The first kappa shape index (κ1) is 25.2. The van der Waals surface area contributed by atoms with Crippen molar-refractivity contribution in [1.29, 1.82) is 0 Å². The van der Waals surface area contributed by atoms with Gasteiger partial charge in [0, 0.05) is 46.7 Å². The van der Waals surface area contributed by atoms with Crippen LogP contribution in [0.5, 0.6) is 5.75 Å². The number of carboxylic acids is 1. The first-order valence-corrected chi connectivity index (χ1v) is 12.3. The quantitative estimate of drug-likeness (QED) is 0.350. The van der Waals surface area contributed by atoms with E-state index in [1.807, 2.05) is 0 Å². The lowest BCUT2D eigenvalue weighted by atomic mass is 9.79. The van der Waals surface area contributed by atoms with E-state index < -0.39 is 22.8 Å². The Morgan fingerprint density at radius 3 is 2.76 bits per heavy atom. The first-order valence-electron chi connectivity index (χ1n) is 12.3. The van der Waals surface area contributed by atoms with Crippen LogP contribution in [0.4, 0.5) is 4.39 Å². The van der Waals surface area contributed by atoms with Crippen molar-refractivity contribution in [3.63, 3.8) is 0 Å². The van der Waals surface area contributed by atoms with Gasteiger partial charge < -0.3 is 23.9 Å². The molecule has 1 unspecified atom stereocenters. The summed E-state index contributed by atoms with van der Waals surface area (Å²) in [7, 11) is 3.12. The average Bonchev–Trinajstić information content (AvgIpc) is 3.45. The number of fused-ring (bicyclic) bond motifs is 2. The van der Waals surface area contributed by atoms with E-state index in [1.165, 1.54) is 13.2 Å². The van der Waals surface area contributed by atoms with Gasteiger partial charge in [-0.05, 0) is 49.6 Å². The van der Waals surface area contributed by atoms with E-state index in [9.17, 15) is 14.3 Å². The molecule has 0 aliphatic carbocycles. The summed E-state index contributed by atoms with van der Waals surface area (Å²) < 4.78 is 33.5. The molecule has 2 atom stereocenters. The van der Waals surface area contributed by atoms with Gasteiger partial charge in [-0.3, -0.25) is 5.10 Å². The predicted molar refractivity (Wildman–Crippen MR) is 138 cm³/mol. The van der Waals surface area contributed by atoms with Gasteiger partial charge in [0.05, 0.1) is 37.6 Å². The summed E-state index contributed by atoms with van der Waals surface area (Å²) in [4.78, 5) is 11.8. The summed E-state index contributed by atoms with van der Waals surface area (Å²) in [6, 6.07) is 9.01. The zero-order valence-electron chi connectivity index (χ0n) is 21.7. The van der Waals surface area contributed by atoms with Crippen LogP contribution >= 0.6 is 0 Å². The molecule has 2 aromatic carbocycles. The maximum atomic E-state index is 14.4. The van der Waals surface area contributed by atoms with Crippen molar-refractivity contribution in [2.45, 2.75) is 50.5 Å². The number of nitrogens with zero attached hydrogens (tertiary/aromatic N) is 2. The van der Waals surface area contributed by atoms with Crippen LogP contribution in [0.1, 0.15) is 50.8 Å². The van der Waals surface area contributed by atoms with Crippen LogP contribution in [0.2, 0.25) is 0 Å². The molecule has 37 heavy (non-hydrogen) atoms. The summed E-state index contributed by atoms with van der Waals surface area (Å²) in [6.07, 6.45) is 2.81. The molecular weight excluding hydrogens is 477 g/mol. The fraction of sp³-hybridized carbons (Fsp3) is 0.429.